The molecule has 4 heterocycles. The van der Waals surface area contributed by atoms with Gasteiger partial charge >= 0.3 is 12.1 Å². The summed E-state index contributed by atoms with van der Waals surface area (Å²) in [5.41, 5.74) is 2.16. The predicted molar refractivity (Wildman–Crippen MR) is 173 cm³/mol. The standard InChI is InChI=1S/C35H43FN4O7/c1-19-25(13-24(14-28(19)36)45-18-43-5)29-26(20-6-7-20)15-27-30(31(29)41)37-33(46-23-8-10-44-11-9-23)38-32(27)39-16-22-12-21(39)17-40(22)34(42)47-35(2,3)4/h13-15,20-23,41H,6-12,16-18H2,1-5H3/t21-,22-/m0/s1. The summed E-state index contributed by atoms with van der Waals surface area (Å²) >= 11 is 0. The number of rotatable bonds is 8. The molecule has 1 aromatic heterocycles. The summed E-state index contributed by atoms with van der Waals surface area (Å²) in [7, 11) is 1.50. The normalized spacial score (nSPS) is 21.5. The monoisotopic (exact) mass is 650 g/mol. The van der Waals surface area contributed by atoms with Gasteiger partial charge in [0.2, 0.25) is 0 Å². The number of nitrogens with zero attached hydrogens (tertiary/aromatic N) is 4. The van der Waals surface area contributed by atoms with Gasteiger partial charge in [-0.05, 0) is 81.7 Å². The molecule has 0 spiro atoms. The molecule has 2 bridgehead atoms. The fraction of sp³-hybridized carbons (Fsp3) is 0.571. The molecule has 7 rings (SSSR count). The van der Waals surface area contributed by atoms with E-state index in [-0.39, 0.29) is 48.8 Å². The number of methoxy groups -OCH3 is 1. The number of piperazine rings is 1. The maximum Gasteiger partial charge on any atom is 0.410 e. The average Bonchev–Trinajstić information content (AvgIpc) is 3.68. The topological polar surface area (TPSA) is 116 Å². The van der Waals surface area contributed by atoms with Gasteiger partial charge in [0, 0.05) is 50.1 Å². The highest BCUT2D eigenvalue weighted by atomic mass is 19.1. The van der Waals surface area contributed by atoms with Gasteiger partial charge in [-0.3, -0.25) is 0 Å². The summed E-state index contributed by atoms with van der Waals surface area (Å²) < 4.78 is 43.5. The number of anilines is 1. The number of hydrogen-bond donors (Lipinski definition) is 1. The van der Waals surface area contributed by atoms with Crippen molar-refractivity contribution in [2.45, 2.75) is 89.5 Å². The van der Waals surface area contributed by atoms with Crippen molar-refractivity contribution in [1.29, 1.82) is 0 Å². The van der Waals surface area contributed by atoms with E-state index in [1.54, 1.807) is 13.0 Å². The zero-order chi connectivity index (χ0) is 33.0. The van der Waals surface area contributed by atoms with Crippen LogP contribution in [0.15, 0.2) is 18.2 Å². The Balaban J connectivity index is 1.34. The summed E-state index contributed by atoms with van der Waals surface area (Å²) in [6.45, 7) is 9.54. The summed E-state index contributed by atoms with van der Waals surface area (Å²) in [6, 6.07) is 5.29. The van der Waals surface area contributed by atoms with Crippen LogP contribution >= 0.6 is 0 Å². The van der Waals surface area contributed by atoms with Crippen molar-refractivity contribution >= 4 is 22.8 Å². The predicted octanol–water partition coefficient (Wildman–Crippen LogP) is 6.07. The lowest BCUT2D eigenvalue weighted by Crippen LogP contribution is -2.50. The summed E-state index contributed by atoms with van der Waals surface area (Å²) in [5.74, 6) is 0.688. The van der Waals surface area contributed by atoms with Crippen LogP contribution in [0, 0.1) is 12.7 Å². The highest BCUT2D eigenvalue weighted by Crippen LogP contribution is 2.52. The third-order valence-electron chi connectivity index (χ3n) is 9.48. The highest BCUT2D eigenvalue weighted by molar-refractivity contribution is 6.01. The number of aromatic nitrogens is 2. The van der Waals surface area contributed by atoms with Gasteiger partial charge in [0.1, 0.15) is 40.4 Å². The molecule has 2 aromatic carbocycles. The van der Waals surface area contributed by atoms with E-state index >= 15 is 4.39 Å². The van der Waals surface area contributed by atoms with Gasteiger partial charge in [0.15, 0.2) is 6.79 Å². The Bertz CT molecular complexity index is 1690. The minimum absolute atomic E-state index is 0.0127. The van der Waals surface area contributed by atoms with Crippen molar-refractivity contribution in [1.82, 2.24) is 14.9 Å². The highest BCUT2D eigenvalue weighted by Gasteiger charge is 2.48. The number of amides is 1. The van der Waals surface area contributed by atoms with Crippen LogP contribution < -0.4 is 14.4 Å². The molecule has 0 radical (unpaired) electrons. The van der Waals surface area contributed by atoms with Crippen LogP contribution in [-0.2, 0) is 14.2 Å². The van der Waals surface area contributed by atoms with Gasteiger partial charge < -0.3 is 38.6 Å². The first kappa shape index (κ1) is 31.7. The van der Waals surface area contributed by atoms with Gasteiger partial charge in [-0.1, -0.05) is 0 Å². The lowest BCUT2D eigenvalue weighted by Gasteiger charge is -2.36. The largest absolute Gasteiger partial charge is 0.505 e. The SMILES string of the molecule is COCOc1cc(F)c(C)c(-c2c(C3CC3)cc3c(N4C[C@@H]5C[C@H]4CN5C(=O)OC(C)(C)C)nc(OC4CCOCC4)nc3c2O)c1. The van der Waals surface area contributed by atoms with Crippen molar-refractivity contribution in [2.24, 2.45) is 0 Å². The summed E-state index contributed by atoms with van der Waals surface area (Å²) in [4.78, 5) is 26.8. The molecule has 1 N–H and O–H groups in total. The van der Waals surface area contributed by atoms with Crippen molar-refractivity contribution in [2.75, 3.05) is 45.1 Å². The minimum Gasteiger partial charge on any atom is -0.505 e. The summed E-state index contributed by atoms with van der Waals surface area (Å²) in [6.07, 6.45) is 3.69. The number of hydrogen-bond acceptors (Lipinski definition) is 10. The van der Waals surface area contributed by atoms with Crippen LogP contribution in [-0.4, -0.2) is 90.1 Å². The van der Waals surface area contributed by atoms with Crippen LogP contribution in [0.25, 0.3) is 22.0 Å². The quantitative estimate of drug-likeness (QED) is 0.288. The molecule has 1 saturated carbocycles. The van der Waals surface area contributed by atoms with Crippen LogP contribution in [0.2, 0.25) is 0 Å². The zero-order valence-corrected chi connectivity index (χ0v) is 27.7. The van der Waals surface area contributed by atoms with E-state index in [0.717, 1.165) is 24.8 Å². The van der Waals surface area contributed by atoms with E-state index in [2.05, 4.69) is 11.0 Å². The third kappa shape index (κ3) is 6.25. The number of halogens is 1. The van der Waals surface area contributed by atoms with Crippen molar-refractivity contribution in [3.8, 4) is 28.6 Å². The maximum atomic E-state index is 15.3. The number of likely N-dealkylation sites (tertiary alicyclic amines) is 1. The van der Waals surface area contributed by atoms with Gasteiger partial charge in [-0.25, -0.2) is 9.18 Å². The lowest BCUT2D eigenvalue weighted by molar-refractivity contribution is 0.0206. The first-order chi connectivity index (χ1) is 22.5. The Morgan fingerprint density at radius 2 is 1.85 bits per heavy atom. The molecule has 1 amide bonds. The molecule has 4 fully saturated rings. The molecule has 11 nitrogen and oxygen atoms in total. The van der Waals surface area contributed by atoms with E-state index in [4.69, 9.17) is 33.7 Å². The van der Waals surface area contributed by atoms with Crippen LogP contribution in [0.1, 0.15) is 69.9 Å². The number of ether oxygens (including phenoxy) is 5. The molecular weight excluding hydrogens is 607 g/mol. The Kier molecular flexibility index (Phi) is 8.28. The van der Waals surface area contributed by atoms with E-state index in [0.29, 0.717) is 78.3 Å². The molecule has 0 unspecified atom stereocenters. The fourth-order valence-electron chi connectivity index (χ4n) is 7.04. The lowest BCUT2D eigenvalue weighted by atomic mass is 9.90. The third-order valence-corrected chi connectivity index (χ3v) is 9.48. The maximum absolute atomic E-state index is 15.3. The number of phenols is 1. The van der Waals surface area contributed by atoms with Crippen LogP contribution in [0.4, 0.5) is 15.0 Å². The van der Waals surface area contributed by atoms with E-state index < -0.39 is 11.4 Å². The van der Waals surface area contributed by atoms with E-state index in [1.165, 1.54) is 13.2 Å². The van der Waals surface area contributed by atoms with Gasteiger partial charge in [0.05, 0.1) is 25.3 Å². The van der Waals surface area contributed by atoms with Crippen molar-refractivity contribution in [3.05, 3.63) is 35.1 Å². The molecule has 3 aliphatic heterocycles. The first-order valence-electron chi connectivity index (χ1n) is 16.5. The number of fused-ring (bicyclic) bond motifs is 3. The van der Waals surface area contributed by atoms with Gasteiger partial charge in [0.25, 0.3) is 0 Å². The molecule has 3 aromatic rings. The molecular formula is C35H43FN4O7. The molecule has 12 heteroatoms. The first-order valence-corrected chi connectivity index (χ1v) is 16.5. The Morgan fingerprint density at radius 1 is 1.09 bits per heavy atom. The van der Waals surface area contributed by atoms with Crippen molar-refractivity contribution < 1.29 is 38.0 Å². The molecule has 3 saturated heterocycles. The van der Waals surface area contributed by atoms with E-state index in [1.807, 2.05) is 25.7 Å². The van der Waals surface area contributed by atoms with Gasteiger partial charge in [-0.15, -0.1) is 0 Å². The number of benzene rings is 2. The number of carbonyl (C=O) groups is 1. The fourth-order valence-corrected chi connectivity index (χ4v) is 7.04. The number of aromatic hydroxyl groups is 1. The molecule has 47 heavy (non-hydrogen) atoms. The number of carbonyl (C=O) groups excluding carboxylic acids is 1. The Morgan fingerprint density at radius 3 is 2.51 bits per heavy atom. The molecule has 2 atom stereocenters. The van der Waals surface area contributed by atoms with Crippen LogP contribution in [0.5, 0.6) is 17.5 Å². The average molecular weight is 651 g/mol. The second-order valence-electron chi connectivity index (χ2n) is 14.1. The second-order valence-corrected chi connectivity index (χ2v) is 14.1. The molecule has 4 aliphatic rings. The minimum atomic E-state index is -0.580. The smallest absolute Gasteiger partial charge is 0.410 e. The molecule has 252 valence electrons. The Hall–Kier alpha value is -3.90. The van der Waals surface area contributed by atoms with Gasteiger partial charge in [-0.2, -0.15) is 9.97 Å². The summed E-state index contributed by atoms with van der Waals surface area (Å²) in [5, 5.41) is 12.9. The van der Waals surface area contributed by atoms with Crippen molar-refractivity contribution in [3.63, 3.8) is 0 Å². The van der Waals surface area contributed by atoms with E-state index in [9.17, 15) is 9.90 Å². The Labute approximate surface area is 273 Å². The number of phenolic OH excluding ortho intramolecular Hbond substituents is 1. The second kappa shape index (κ2) is 12.3. The molecule has 1 aliphatic carbocycles. The zero-order valence-electron chi connectivity index (χ0n) is 27.7. The van der Waals surface area contributed by atoms with Crippen LogP contribution in [0.3, 0.4) is 0 Å².